The highest BCUT2D eigenvalue weighted by atomic mass is 15.1. The molecular weight excluding hydrogens is 246 g/mol. The van der Waals surface area contributed by atoms with Gasteiger partial charge in [0.15, 0.2) is 0 Å². The highest BCUT2D eigenvalue weighted by Gasteiger charge is 2.28. The van der Waals surface area contributed by atoms with Crippen LogP contribution in [0.25, 0.3) is 0 Å². The Balaban J connectivity index is 2.35. The molecule has 0 bridgehead atoms. The van der Waals surface area contributed by atoms with Crippen LogP contribution >= 0.6 is 0 Å². The summed E-state index contributed by atoms with van der Waals surface area (Å²) in [7, 11) is 0. The third-order valence-electron chi connectivity index (χ3n) is 4.78. The number of fused-ring (bicyclic) bond motifs is 1. The van der Waals surface area contributed by atoms with Gasteiger partial charge in [-0.05, 0) is 17.3 Å². The molecule has 1 aromatic heterocycles. The Bertz CT molecular complexity index is 455. The van der Waals surface area contributed by atoms with Gasteiger partial charge in [-0.25, -0.2) is 4.98 Å². The molecule has 20 heavy (non-hydrogen) atoms. The fourth-order valence-corrected chi connectivity index (χ4v) is 2.72. The summed E-state index contributed by atoms with van der Waals surface area (Å²) in [5.41, 5.74) is 3.07. The van der Waals surface area contributed by atoms with Crippen molar-refractivity contribution in [2.75, 3.05) is 6.54 Å². The topological polar surface area (TPSA) is 29.9 Å². The number of nitrogens with one attached hydrogen (secondary N) is 1. The molecule has 0 radical (unpaired) electrons. The quantitative estimate of drug-likeness (QED) is 0.894. The van der Waals surface area contributed by atoms with Crippen molar-refractivity contribution in [2.45, 2.75) is 67.5 Å². The third-order valence-corrected chi connectivity index (χ3v) is 4.78. The number of imidazole rings is 1. The van der Waals surface area contributed by atoms with Gasteiger partial charge in [0.1, 0.15) is 5.82 Å². The zero-order chi connectivity index (χ0) is 14.9. The summed E-state index contributed by atoms with van der Waals surface area (Å²) >= 11 is 0. The molecule has 114 valence electrons. The predicted octanol–water partition coefficient (Wildman–Crippen LogP) is 3.41. The Labute approximate surface area is 124 Å². The third kappa shape index (κ3) is 3.25. The van der Waals surface area contributed by atoms with Crippen LogP contribution in [0.3, 0.4) is 0 Å². The van der Waals surface area contributed by atoms with Crippen molar-refractivity contribution in [1.82, 2.24) is 14.9 Å². The average molecular weight is 277 g/mol. The fraction of sp³-hybridized carbons (Fsp3) is 0.824. The first-order chi connectivity index (χ1) is 9.31. The minimum absolute atomic E-state index is 0.311. The van der Waals surface area contributed by atoms with Crippen molar-refractivity contribution < 1.29 is 0 Å². The summed E-state index contributed by atoms with van der Waals surface area (Å²) < 4.78 is 2.54. The summed E-state index contributed by atoms with van der Waals surface area (Å²) in [5.74, 6) is 2.63. The second-order valence-corrected chi connectivity index (χ2v) is 7.68. The molecule has 3 heteroatoms. The first-order valence-corrected chi connectivity index (χ1v) is 8.09. The van der Waals surface area contributed by atoms with Gasteiger partial charge in [0.2, 0.25) is 0 Å². The Kier molecular flexibility index (Phi) is 4.58. The van der Waals surface area contributed by atoms with Crippen molar-refractivity contribution in [3.8, 4) is 0 Å². The normalized spacial score (nSPS) is 16.0. The van der Waals surface area contributed by atoms with Gasteiger partial charge < -0.3 is 9.88 Å². The summed E-state index contributed by atoms with van der Waals surface area (Å²) in [6, 6.07) is 0. The minimum atomic E-state index is 0.311. The molecule has 0 saturated heterocycles. The average Bonchev–Trinajstić information content (AvgIpc) is 2.66. The Morgan fingerprint density at radius 2 is 1.95 bits per heavy atom. The number of aromatic nitrogens is 2. The number of rotatable bonds is 5. The van der Waals surface area contributed by atoms with Crippen LogP contribution in [0.15, 0.2) is 0 Å². The maximum Gasteiger partial charge on any atom is 0.109 e. The van der Waals surface area contributed by atoms with E-state index in [0.29, 0.717) is 17.3 Å². The van der Waals surface area contributed by atoms with Crippen LogP contribution in [0.2, 0.25) is 0 Å². The van der Waals surface area contributed by atoms with E-state index in [-0.39, 0.29) is 0 Å². The Morgan fingerprint density at radius 3 is 2.55 bits per heavy atom. The van der Waals surface area contributed by atoms with Gasteiger partial charge in [-0.15, -0.1) is 0 Å². The van der Waals surface area contributed by atoms with Gasteiger partial charge in [-0.2, -0.15) is 0 Å². The van der Waals surface area contributed by atoms with Gasteiger partial charge in [0.05, 0.1) is 5.69 Å². The van der Waals surface area contributed by atoms with Crippen LogP contribution in [0.5, 0.6) is 0 Å². The van der Waals surface area contributed by atoms with E-state index >= 15 is 0 Å². The maximum atomic E-state index is 4.93. The summed E-state index contributed by atoms with van der Waals surface area (Å²) in [6.45, 7) is 17.1. The van der Waals surface area contributed by atoms with Gasteiger partial charge in [0.25, 0.3) is 0 Å². The summed E-state index contributed by atoms with van der Waals surface area (Å²) in [4.78, 5) is 4.93. The van der Waals surface area contributed by atoms with Crippen LogP contribution in [-0.4, -0.2) is 16.1 Å². The SMILES string of the molecule is CC(C)Cc1nc2c(n1CC(C)(C)C(C)C)CCNC2. The molecule has 1 aliphatic rings. The van der Waals surface area contributed by atoms with Gasteiger partial charge in [-0.1, -0.05) is 41.5 Å². The molecule has 1 aliphatic heterocycles. The van der Waals surface area contributed by atoms with E-state index in [1.165, 1.54) is 17.2 Å². The molecule has 0 amide bonds. The first-order valence-electron chi connectivity index (χ1n) is 8.09. The van der Waals surface area contributed by atoms with Gasteiger partial charge in [-0.3, -0.25) is 0 Å². The maximum absolute atomic E-state index is 4.93. The van der Waals surface area contributed by atoms with Crippen LogP contribution in [0.4, 0.5) is 0 Å². The van der Waals surface area contributed by atoms with Crippen molar-refractivity contribution in [1.29, 1.82) is 0 Å². The lowest BCUT2D eigenvalue weighted by atomic mass is 9.81. The van der Waals surface area contributed by atoms with E-state index in [1.807, 2.05) is 0 Å². The molecule has 0 aliphatic carbocycles. The first kappa shape index (κ1) is 15.6. The van der Waals surface area contributed by atoms with Crippen molar-refractivity contribution in [3.63, 3.8) is 0 Å². The molecule has 2 rings (SSSR count). The molecule has 0 spiro atoms. The second kappa shape index (κ2) is 5.88. The highest BCUT2D eigenvalue weighted by molar-refractivity contribution is 5.21. The van der Waals surface area contributed by atoms with Crippen molar-refractivity contribution in [3.05, 3.63) is 17.2 Å². The molecule has 2 heterocycles. The van der Waals surface area contributed by atoms with Crippen molar-refractivity contribution >= 4 is 0 Å². The molecule has 0 unspecified atom stereocenters. The molecule has 1 aromatic rings. The summed E-state index contributed by atoms with van der Waals surface area (Å²) in [6.07, 6.45) is 2.20. The molecule has 0 aromatic carbocycles. The standard InChI is InChI=1S/C17H31N3/c1-12(2)9-16-19-14-10-18-8-7-15(14)20(16)11-17(5,6)13(3)4/h12-13,18H,7-11H2,1-6H3. The molecule has 1 N–H and O–H groups in total. The highest BCUT2D eigenvalue weighted by Crippen LogP contribution is 2.31. The zero-order valence-corrected chi connectivity index (χ0v) is 14.1. The summed E-state index contributed by atoms with van der Waals surface area (Å²) in [5, 5.41) is 3.44. The van der Waals surface area contributed by atoms with Crippen LogP contribution in [-0.2, 0) is 25.9 Å². The lowest BCUT2D eigenvalue weighted by molar-refractivity contribution is 0.204. The number of hydrogen-bond donors (Lipinski definition) is 1. The number of hydrogen-bond acceptors (Lipinski definition) is 2. The Hall–Kier alpha value is -0.830. The van der Waals surface area contributed by atoms with Crippen LogP contribution in [0, 0.1) is 17.3 Å². The van der Waals surface area contributed by atoms with E-state index in [1.54, 1.807) is 0 Å². The van der Waals surface area contributed by atoms with Crippen LogP contribution in [0.1, 0.15) is 58.8 Å². The van der Waals surface area contributed by atoms with Gasteiger partial charge in [0, 0.05) is 38.2 Å². The molecule has 0 saturated carbocycles. The molecule has 0 fully saturated rings. The monoisotopic (exact) mass is 277 g/mol. The molecular formula is C17H31N3. The van der Waals surface area contributed by atoms with E-state index < -0.39 is 0 Å². The Morgan fingerprint density at radius 1 is 1.25 bits per heavy atom. The van der Waals surface area contributed by atoms with E-state index in [4.69, 9.17) is 4.98 Å². The lowest BCUT2D eigenvalue weighted by Gasteiger charge is -2.32. The minimum Gasteiger partial charge on any atom is -0.331 e. The lowest BCUT2D eigenvalue weighted by Crippen LogP contribution is -2.30. The zero-order valence-electron chi connectivity index (χ0n) is 14.1. The second-order valence-electron chi connectivity index (χ2n) is 7.68. The van der Waals surface area contributed by atoms with Crippen molar-refractivity contribution in [2.24, 2.45) is 17.3 Å². The van der Waals surface area contributed by atoms with Gasteiger partial charge >= 0.3 is 0 Å². The predicted molar refractivity (Wildman–Crippen MR) is 84.8 cm³/mol. The number of nitrogens with zero attached hydrogens (tertiary/aromatic N) is 2. The van der Waals surface area contributed by atoms with E-state index in [0.717, 1.165) is 32.5 Å². The van der Waals surface area contributed by atoms with E-state index in [2.05, 4.69) is 51.4 Å². The smallest absolute Gasteiger partial charge is 0.109 e. The fourth-order valence-electron chi connectivity index (χ4n) is 2.72. The largest absolute Gasteiger partial charge is 0.331 e. The molecule has 0 atom stereocenters. The van der Waals surface area contributed by atoms with E-state index in [9.17, 15) is 0 Å². The molecule has 3 nitrogen and oxygen atoms in total. The van der Waals surface area contributed by atoms with Crippen LogP contribution < -0.4 is 5.32 Å².